The van der Waals surface area contributed by atoms with Gasteiger partial charge in [0.15, 0.2) is 0 Å². The molecular weight excluding hydrogens is 322 g/mol. The second-order valence-electron chi connectivity index (χ2n) is 5.42. The fraction of sp³-hybridized carbons (Fsp3) is 0. The van der Waals surface area contributed by atoms with Gasteiger partial charge in [-0.1, -0.05) is 41.6 Å². The molecule has 0 atom stereocenters. The van der Waals surface area contributed by atoms with Gasteiger partial charge in [-0.15, -0.1) is 0 Å². The molecule has 25 heavy (non-hydrogen) atoms. The molecule has 0 radical (unpaired) electrons. The van der Waals surface area contributed by atoms with E-state index in [1.54, 1.807) is 48.5 Å². The van der Waals surface area contributed by atoms with Crippen LogP contribution in [0.15, 0.2) is 84.2 Å². The first kappa shape index (κ1) is 14.9. The average Bonchev–Trinajstić information content (AvgIpc) is 2.63. The third-order valence-corrected chi connectivity index (χ3v) is 3.89. The Balaban J connectivity index is 1.98. The van der Waals surface area contributed by atoms with E-state index < -0.39 is 11.3 Å². The summed E-state index contributed by atoms with van der Waals surface area (Å²) in [7, 11) is 0. The van der Waals surface area contributed by atoms with Gasteiger partial charge < -0.3 is 14.0 Å². The molecule has 1 N–H and O–H groups in total. The van der Waals surface area contributed by atoms with E-state index in [-0.39, 0.29) is 16.8 Å². The Morgan fingerprint density at radius 3 is 1.64 bits per heavy atom. The predicted molar refractivity (Wildman–Crippen MR) is 92.4 cm³/mol. The Bertz CT molecular complexity index is 1150. The van der Waals surface area contributed by atoms with E-state index in [1.807, 2.05) is 0 Å². The number of rotatable bonds is 2. The van der Waals surface area contributed by atoms with Crippen molar-refractivity contribution in [2.75, 3.05) is 0 Å². The van der Waals surface area contributed by atoms with Crippen LogP contribution in [0.1, 0.15) is 11.1 Å². The highest BCUT2D eigenvalue weighted by Gasteiger charge is 2.19. The van der Waals surface area contributed by atoms with Crippen LogP contribution in [-0.4, -0.2) is 10.9 Å². The fourth-order valence-corrected chi connectivity index (χ4v) is 2.71. The highest BCUT2D eigenvalue weighted by molar-refractivity contribution is 6.13. The van der Waals surface area contributed by atoms with Gasteiger partial charge in [0, 0.05) is 10.8 Å². The maximum atomic E-state index is 12.3. The lowest BCUT2D eigenvalue weighted by molar-refractivity contribution is 0.319. The van der Waals surface area contributed by atoms with Crippen molar-refractivity contribution in [3.8, 4) is 0 Å². The summed E-state index contributed by atoms with van der Waals surface area (Å²) in [5.41, 5.74) is -0.858. The zero-order valence-corrected chi connectivity index (χ0v) is 12.8. The molecule has 4 aromatic rings. The molecule has 0 aliphatic rings. The third-order valence-electron chi connectivity index (χ3n) is 3.89. The average molecular weight is 333 g/mol. The molecule has 0 amide bonds. The van der Waals surface area contributed by atoms with Crippen molar-refractivity contribution in [1.29, 1.82) is 0 Å². The van der Waals surface area contributed by atoms with Gasteiger partial charge >= 0.3 is 11.3 Å². The summed E-state index contributed by atoms with van der Waals surface area (Å²) in [4.78, 5) is 24.6. The zero-order chi connectivity index (χ0) is 17.4. The van der Waals surface area contributed by atoms with Crippen LogP contribution >= 0.6 is 0 Å². The van der Waals surface area contributed by atoms with Crippen LogP contribution in [-0.2, 0) is 0 Å². The molecule has 0 fully saturated rings. The summed E-state index contributed by atoms with van der Waals surface area (Å²) in [6.07, 6.45) is 0. The van der Waals surface area contributed by atoms with Crippen LogP contribution in [0.25, 0.3) is 21.9 Å². The van der Waals surface area contributed by atoms with Crippen molar-refractivity contribution in [2.24, 2.45) is 5.16 Å². The predicted octanol–water partition coefficient (Wildman–Crippen LogP) is 3.13. The monoisotopic (exact) mass is 333 g/mol. The lowest BCUT2D eigenvalue weighted by Gasteiger charge is -2.05. The van der Waals surface area contributed by atoms with E-state index in [9.17, 15) is 14.8 Å². The number of para-hydroxylation sites is 2. The van der Waals surface area contributed by atoms with Crippen molar-refractivity contribution < 1.29 is 14.0 Å². The highest BCUT2D eigenvalue weighted by Crippen LogP contribution is 2.17. The van der Waals surface area contributed by atoms with E-state index in [0.29, 0.717) is 21.9 Å². The maximum Gasteiger partial charge on any atom is 0.345 e. The SMILES string of the molecule is O=c1oc2ccccc2cc1C(=NO)c1cc2ccccc2oc1=O. The summed E-state index contributed by atoms with van der Waals surface area (Å²) < 4.78 is 10.5. The first-order chi connectivity index (χ1) is 12.2. The number of fused-ring (bicyclic) bond motifs is 2. The molecule has 6 heteroatoms. The molecule has 122 valence electrons. The van der Waals surface area contributed by atoms with Crippen LogP contribution in [0.5, 0.6) is 0 Å². The minimum absolute atomic E-state index is 0.0243. The lowest BCUT2D eigenvalue weighted by Crippen LogP contribution is -2.21. The Morgan fingerprint density at radius 1 is 0.760 bits per heavy atom. The lowest BCUT2D eigenvalue weighted by atomic mass is 10.0. The third kappa shape index (κ3) is 2.49. The Kier molecular flexibility index (Phi) is 3.43. The summed E-state index contributed by atoms with van der Waals surface area (Å²) in [5, 5.41) is 13.9. The van der Waals surface area contributed by atoms with Crippen molar-refractivity contribution in [3.05, 3.63) is 92.6 Å². The highest BCUT2D eigenvalue weighted by atomic mass is 16.4. The Labute approximate surface area is 140 Å². The summed E-state index contributed by atoms with van der Waals surface area (Å²) >= 11 is 0. The van der Waals surface area contributed by atoms with Crippen molar-refractivity contribution in [1.82, 2.24) is 0 Å². The summed E-state index contributed by atoms with van der Waals surface area (Å²) in [6, 6.07) is 16.9. The second-order valence-corrected chi connectivity index (χ2v) is 5.42. The van der Waals surface area contributed by atoms with Gasteiger partial charge in [-0.25, -0.2) is 9.59 Å². The van der Waals surface area contributed by atoms with Crippen LogP contribution in [0, 0.1) is 0 Å². The van der Waals surface area contributed by atoms with Gasteiger partial charge in [0.25, 0.3) is 0 Å². The van der Waals surface area contributed by atoms with E-state index in [1.165, 1.54) is 12.1 Å². The molecule has 0 unspecified atom stereocenters. The molecule has 0 saturated heterocycles. The molecule has 2 heterocycles. The molecule has 0 aliphatic carbocycles. The topological polar surface area (TPSA) is 93.0 Å². The van der Waals surface area contributed by atoms with E-state index >= 15 is 0 Å². The normalized spacial score (nSPS) is 10.9. The van der Waals surface area contributed by atoms with Crippen LogP contribution in [0.2, 0.25) is 0 Å². The van der Waals surface area contributed by atoms with Gasteiger partial charge in [0.05, 0.1) is 11.1 Å². The largest absolute Gasteiger partial charge is 0.422 e. The molecule has 0 saturated carbocycles. The van der Waals surface area contributed by atoms with E-state index in [0.717, 1.165) is 0 Å². The molecule has 0 aliphatic heterocycles. The van der Waals surface area contributed by atoms with Gasteiger partial charge in [0.1, 0.15) is 16.9 Å². The van der Waals surface area contributed by atoms with Crippen molar-refractivity contribution >= 4 is 27.7 Å². The number of benzene rings is 2. The molecular formula is C19H11NO5. The van der Waals surface area contributed by atoms with Crippen LogP contribution < -0.4 is 11.3 Å². The fourth-order valence-electron chi connectivity index (χ4n) is 2.71. The minimum Gasteiger partial charge on any atom is -0.422 e. The molecule has 4 rings (SSSR count). The standard InChI is InChI=1S/C19H11NO5/c21-18-13(9-11-5-1-3-7-15(11)24-18)17(20-23)14-10-12-6-2-4-8-16(12)25-19(14)22/h1-10,23H. The van der Waals surface area contributed by atoms with Gasteiger partial charge in [0.2, 0.25) is 0 Å². The van der Waals surface area contributed by atoms with Crippen LogP contribution in [0.3, 0.4) is 0 Å². The van der Waals surface area contributed by atoms with Crippen LogP contribution in [0.4, 0.5) is 0 Å². The van der Waals surface area contributed by atoms with Gasteiger partial charge in [-0.05, 0) is 24.3 Å². The van der Waals surface area contributed by atoms with Crippen molar-refractivity contribution in [2.45, 2.75) is 0 Å². The van der Waals surface area contributed by atoms with E-state index in [4.69, 9.17) is 8.83 Å². The Hall–Kier alpha value is -3.67. The number of oxime groups is 1. The number of hydrogen-bond acceptors (Lipinski definition) is 6. The molecule has 2 aromatic carbocycles. The minimum atomic E-state index is -0.709. The second kappa shape index (κ2) is 5.76. The molecule has 2 aromatic heterocycles. The molecule has 6 nitrogen and oxygen atoms in total. The summed E-state index contributed by atoms with van der Waals surface area (Å²) in [5.74, 6) is 0. The first-order valence-corrected chi connectivity index (χ1v) is 7.46. The Morgan fingerprint density at radius 2 is 1.20 bits per heavy atom. The number of hydrogen-bond donors (Lipinski definition) is 1. The smallest absolute Gasteiger partial charge is 0.345 e. The number of nitrogens with zero attached hydrogens (tertiary/aromatic N) is 1. The quantitative estimate of drug-likeness (QED) is 0.263. The summed E-state index contributed by atoms with van der Waals surface area (Å²) in [6.45, 7) is 0. The zero-order valence-electron chi connectivity index (χ0n) is 12.8. The molecule has 0 spiro atoms. The van der Waals surface area contributed by atoms with E-state index in [2.05, 4.69) is 5.16 Å². The first-order valence-electron chi connectivity index (χ1n) is 7.46. The van der Waals surface area contributed by atoms with Crippen molar-refractivity contribution in [3.63, 3.8) is 0 Å². The van der Waals surface area contributed by atoms with Gasteiger partial charge in [-0.3, -0.25) is 0 Å². The molecule has 0 bridgehead atoms. The maximum absolute atomic E-state index is 12.3. The van der Waals surface area contributed by atoms with Gasteiger partial charge in [-0.2, -0.15) is 0 Å².